The number of amides is 1. The highest BCUT2D eigenvalue weighted by molar-refractivity contribution is 5.75. The molecule has 7 heteroatoms. The summed E-state index contributed by atoms with van der Waals surface area (Å²) in [5.74, 6) is -0.218. The second-order valence-corrected chi connectivity index (χ2v) is 3.26. The Labute approximate surface area is 87.3 Å². The minimum atomic E-state index is -0.552. The first-order valence-electron chi connectivity index (χ1n) is 4.65. The molecule has 0 saturated carbocycles. The Kier molecular flexibility index (Phi) is 4.19. The summed E-state index contributed by atoms with van der Waals surface area (Å²) in [5.41, 5.74) is 5.98. The lowest BCUT2D eigenvalue weighted by atomic mass is 10.4. The van der Waals surface area contributed by atoms with Gasteiger partial charge in [0.25, 0.3) is 0 Å². The van der Waals surface area contributed by atoms with E-state index in [1.165, 1.54) is 4.68 Å². The highest BCUT2D eigenvalue weighted by atomic mass is 16.3. The number of nitrogens with two attached hydrogens (primary N) is 1. The summed E-state index contributed by atoms with van der Waals surface area (Å²) in [6.07, 6.45) is 1.06. The van der Waals surface area contributed by atoms with E-state index in [1.54, 1.807) is 13.1 Å². The van der Waals surface area contributed by atoms with Gasteiger partial charge in [-0.25, -0.2) is 4.68 Å². The van der Waals surface area contributed by atoms with Gasteiger partial charge in [0.15, 0.2) is 0 Å². The van der Waals surface area contributed by atoms with Gasteiger partial charge in [-0.3, -0.25) is 4.79 Å². The number of aromatic nitrogens is 3. The fourth-order valence-corrected chi connectivity index (χ4v) is 0.974. The molecule has 15 heavy (non-hydrogen) atoms. The third-order valence-electron chi connectivity index (χ3n) is 1.70. The molecular formula is C8H15N5O2. The molecule has 1 rings (SSSR count). The highest BCUT2D eigenvalue weighted by Crippen LogP contribution is 1.90. The maximum atomic E-state index is 11.3. The van der Waals surface area contributed by atoms with E-state index in [2.05, 4.69) is 15.6 Å². The molecule has 0 saturated heterocycles. The van der Waals surface area contributed by atoms with Gasteiger partial charge in [-0.1, -0.05) is 5.21 Å². The average Bonchev–Trinajstić information content (AvgIpc) is 2.62. The second-order valence-electron chi connectivity index (χ2n) is 3.26. The van der Waals surface area contributed by atoms with Crippen molar-refractivity contribution in [3.05, 3.63) is 11.9 Å². The van der Waals surface area contributed by atoms with E-state index in [4.69, 9.17) is 10.8 Å². The van der Waals surface area contributed by atoms with Crippen molar-refractivity contribution in [2.45, 2.75) is 26.1 Å². The van der Waals surface area contributed by atoms with Crippen LogP contribution in [0.1, 0.15) is 12.6 Å². The molecule has 7 nitrogen and oxygen atoms in total. The van der Waals surface area contributed by atoms with Crippen molar-refractivity contribution < 1.29 is 9.90 Å². The van der Waals surface area contributed by atoms with Crippen LogP contribution in [0.2, 0.25) is 0 Å². The third-order valence-corrected chi connectivity index (χ3v) is 1.70. The van der Waals surface area contributed by atoms with Crippen LogP contribution < -0.4 is 11.1 Å². The molecule has 0 radical (unpaired) electrons. The Balaban J connectivity index is 2.37. The van der Waals surface area contributed by atoms with Gasteiger partial charge in [-0.05, 0) is 6.92 Å². The third kappa shape index (κ3) is 4.05. The van der Waals surface area contributed by atoms with Crippen molar-refractivity contribution in [1.29, 1.82) is 0 Å². The van der Waals surface area contributed by atoms with Crippen molar-refractivity contribution in [3.8, 4) is 0 Å². The standard InChI is InChI=1S/C8H15N5O2/c1-6(14)3-10-8(15)5-13-4-7(2-9)11-12-13/h4,6,14H,2-3,5,9H2,1H3,(H,10,15). The minimum Gasteiger partial charge on any atom is -0.392 e. The van der Waals surface area contributed by atoms with E-state index < -0.39 is 6.10 Å². The maximum Gasteiger partial charge on any atom is 0.241 e. The van der Waals surface area contributed by atoms with Crippen molar-refractivity contribution in [1.82, 2.24) is 20.3 Å². The van der Waals surface area contributed by atoms with Crippen LogP contribution in [0.25, 0.3) is 0 Å². The smallest absolute Gasteiger partial charge is 0.241 e. The van der Waals surface area contributed by atoms with Gasteiger partial charge in [-0.2, -0.15) is 0 Å². The lowest BCUT2D eigenvalue weighted by Crippen LogP contribution is -2.33. The summed E-state index contributed by atoms with van der Waals surface area (Å²) < 4.78 is 1.40. The van der Waals surface area contributed by atoms with Crippen LogP contribution in [0.3, 0.4) is 0 Å². The molecule has 1 amide bonds. The number of rotatable bonds is 5. The number of hydrogen-bond acceptors (Lipinski definition) is 5. The first kappa shape index (κ1) is 11.6. The predicted octanol–water partition coefficient (Wildman–Crippen LogP) is -1.77. The van der Waals surface area contributed by atoms with Gasteiger partial charge in [-0.15, -0.1) is 5.10 Å². The fraction of sp³-hybridized carbons (Fsp3) is 0.625. The van der Waals surface area contributed by atoms with Crippen LogP contribution in [0.15, 0.2) is 6.20 Å². The SMILES string of the molecule is CC(O)CNC(=O)Cn1cc(CN)nn1. The quantitative estimate of drug-likeness (QED) is 0.537. The van der Waals surface area contributed by atoms with Crippen molar-refractivity contribution in [2.24, 2.45) is 5.73 Å². The number of aliphatic hydroxyl groups is 1. The molecule has 1 unspecified atom stereocenters. The monoisotopic (exact) mass is 213 g/mol. The molecule has 1 aromatic heterocycles. The van der Waals surface area contributed by atoms with Crippen LogP contribution in [0, 0.1) is 0 Å². The van der Waals surface area contributed by atoms with Crippen LogP contribution >= 0.6 is 0 Å². The Morgan fingerprint density at radius 3 is 3.07 bits per heavy atom. The van der Waals surface area contributed by atoms with E-state index in [9.17, 15) is 4.79 Å². The molecule has 1 aromatic rings. The number of nitrogens with zero attached hydrogens (tertiary/aromatic N) is 3. The summed E-state index contributed by atoms with van der Waals surface area (Å²) in [7, 11) is 0. The number of carbonyl (C=O) groups is 1. The summed E-state index contributed by atoms with van der Waals surface area (Å²) in [6, 6.07) is 0. The topological polar surface area (TPSA) is 106 Å². The molecule has 0 aliphatic heterocycles. The van der Waals surface area contributed by atoms with E-state index in [0.29, 0.717) is 12.2 Å². The highest BCUT2D eigenvalue weighted by Gasteiger charge is 2.05. The van der Waals surface area contributed by atoms with Gasteiger partial charge < -0.3 is 16.2 Å². The molecule has 84 valence electrons. The lowest BCUT2D eigenvalue weighted by molar-refractivity contribution is -0.122. The Bertz CT molecular complexity index is 323. The van der Waals surface area contributed by atoms with Crippen molar-refractivity contribution in [2.75, 3.05) is 6.54 Å². The fourth-order valence-electron chi connectivity index (χ4n) is 0.974. The molecule has 4 N–H and O–H groups in total. The summed E-state index contributed by atoms with van der Waals surface area (Å²) in [5, 5.41) is 19.0. The van der Waals surface area contributed by atoms with Crippen molar-refractivity contribution >= 4 is 5.91 Å². The van der Waals surface area contributed by atoms with Crippen LogP contribution in [0.4, 0.5) is 0 Å². The van der Waals surface area contributed by atoms with Gasteiger partial charge >= 0.3 is 0 Å². The number of nitrogens with one attached hydrogen (secondary N) is 1. The normalized spacial score (nSPS) is 12.5. The summed E-state index contributed by atoms with van der Waals surface area (Å²) in [4.78, 5) is 11.3. The molecule has 0 aliphatic rings. The zero-order valence-corrected chi connectivity index (χ0v) is 8.55. The van der Waals surface area contributed by atoms with E-state index >= 15 is 0 Å². The van der Waals surface area contributed by atoms with Crippen molar-refractivity contribution in [3.63, 3.8) is 0 Å². The van der Waals surface area contributed by atoms with Crippen LogP contribution in [-0.4, -0.2) is 38.7 Å². The number of hydrogen-bond donors (Lipinski definition) is 3. The molecular weight excluding hydrogens is 198 g/mol. The van der Waals surface area contributed by atoms with E-state index in [-0.39, 0.29) is 19.0 Å². The largest absolute Gasteiger partial charge is 0.392 e. The second kappa shape index (κ2) is 5.42. The molecule has 1 heterocycles. The molecule has 0 aromatic carbocycles. The first-order valence-corrected chi connectivity index (χ1v) is 4.65. The maximum absolute atomic E-state index is 11.3. The molecule has 1 atom stereocenters. The van der Waals surface area contributed by atoms with E-state index in [0.717, 1.165) is 0 Å². The Hall–Kier alpha value is -1.47. The predicted molar refractivity (Wildman–Crippen MR) is 52.6 cm³/mol. The molecule has 0 fully saturated rings. The van der Waals surface area contributed by atoms with Gasteiger partial charge in [0.05, 0.1) is 18.0 Å². The molecule has 0 spiro atoms. The van der Waals surface area contributed by atoms with Crippen LogP contribution in [-0.2, 0) is 17.9 Å². The number of aliphatic hydroxyl groups excluding tert-OH is 1. The van der Waals surface area contributed by atoms with Gasteiger partial charge in [0.2, 0.25) is 5.91 Å². The van der Waals surface area contributed by atoms with E-state index in [1.807, 2.05) is 0 Å². The minimum absolute atomic E-state index is 0.0831. The lowest BCUT2D eigenvalue weighted by Gasteiger charge is -2.06. The average molecular weight is 213 g/mol. The summed E-state index contributed by atoms with van der Waals surface area (Å²) >= 11 is 0. The van der Waals surface area contributed by atoms with Gasteiger partial charge in [0, 0.05) is 13.1 Å². The summed E-state index contributed by atoms with van der Waals surface area (Å²) in [6.45, 7) is 2.22. The zero-order chi connectivity index (χ0) is 11.3. The van der Waals surface area contributed by atoms with Gasteiger partial charge in [0.1, 0.15) is 6.54 Å². The Morgan fingerprint density at radius 1 is 1.80 bits per heavy atom. The molecule has 0 bridgehead atoms. The molecule has 0 aliphatic carbocycles. The van der Waals surface area contributed by atoms with Crippen LogP contribution in [0.5, 0.6) is 0 Å². The first-order chi connectivity index (χ1) is 7.11. The number of carbonyl (C=O) groups excluding carboxylic acids is 1. The zero-order valence-electron chi connectivity index (χ0n) is 8.55. The Morgan fingerprint density at radius 2 is 2.53 bits per heavy atom.